The van der Waals surface area contributed by atoms with Gasteiger partial charge in [-0.1, -0.05) is 5.16 Å². The third kappa shape index (κ3) is 3.03. The van der Waals surface area contributed by atoms with Gasteiger partial charge in [0.05, 0.1) is 6.54 Å². The molecule has 0 radical (unpaired) electrons. The zero-order valence-electron chi connectivity index (χ0n) is 11.3. The van der Waals surface area contributed by atoms with Crippen molar-refractivity contribution in [2.75, 3.05) is 7.05 Å². The predicted molar refractivity (Wildman–Crippen MR) is 72.0 cm³/mol. The van der Waals surface area contributed by atoms with Crippen LogP contribution in [0.25, 0.3) is 0 Å². The molecular formula is C14H15N3O3. The lowest BCUT2D eigenvalue weighted by Crippen LogP contribution is -2.26. The molecule has 0 atom stereocenters. The van der Waals surface area contributed by atoms with Gasteiger partial charge in [0.15, 0.2) is 0 Å². The normalized spacial score (nSPS) is 10.3. The number of amides is 2. The first kappa shape index (κ1) is 13.8. The summed E-state index contributed by atoms with van der Waals surface area (Å²) in [5.74, 6) is 0.0174. The van der Waals surface area contributed by atoms with Crippen molar-refractivity contribution in [1.29, 1.82) is 0 Å². The summed E-state index contributed by atoms with van der Waals surface area (Å²) in [6.07, 6.45) is 0. The van der Waals surface area contributed by atoms with Gasteiger partial charge in [-0.05, 0) is 31.2 Å². The Morgan fingerprint density at radius 1 is 1.25 bits per heavy atom. The van der Waals surface area contributed by atoms with E-state index in [-0.39, 0.29) is 5.91 Å². The second kappa shape index (κ2) is 5.56. The summed E-state index contributed by atoms with van der Waals surface area (Å²) in [7, 11) is 1.67. The maximum absolute atomic E-state index is 12.2. The van der Waals surface area contributed by atoms with Crippen LogP contribution in [0.2, 0.25) is 0 Å². The van der Waals surface area contributed by atoms with E-state index in [1.54, 1.807) is 32.2 Å². The van der Waals surface area contributed by atoms with Crippen LogP contribution in [0.4, 0.5) is 0 Å². The van der Waals surface area contributed by atoms with Crippen molar-refractivity contribution in [2.45, 2.75) is 13.5 Å². The van der Waals surface area contributed by atoms with Crippen LogP contribution in [0.1, 0.15) is 32.2 Å². The average Bonchev–Trinajstić information content (AvgIpc) is 2.83. The van der Waals surface area contributed by atoms with Crippen LogP contribution in [0.15, 0.2) is 34.9 Å². The molecule has 0 saturated heterocycles. The van der Waals surface area contributed by atoms with E-state index < -0.39 is 5.91 Å². The van der Waals surface area contributed by atoms with Crippen molar-refractivity contribution in [2.24, 2.45) is 5.73 Å². The largest absolute Gasteiger partial charge is 0.366 e. The van der Waals surface area contributed by atoms with Gasteiger partial charge in [-0.2, -0.15) is 0 Å². The monoisotopic (exact) mass is 273 g/mol. The Bertz CT molecular complexity index is 631. The molecule has 20 heavy (non-hydrogen) atoms. The highest BCUT2D eigenvalue weighted by Gasteiger charge is 2.14. The van der Waals surface area contributed by atoms with Gasteiger partial charge in [0, 0.05) is 24.2 Å². The van der Waals surface area contributed by atoms with Gasteiger partial charge in [0.1, 0.15) is 11.5 Å². The summed E-state index contributed by atoms with van der Waals surface area (Å²) in [4.78, 5) is 24.7. The molecule has 2 amide bonds. The molecule has 6 nitrogen and oxygen atoms in total. The van der Waals surface area contributed by atoms with Crippen LogP contribution >= 0.6 is 0 Å². The van der Waals surface area contributed by atoms with Gasteiger partial charge >= 0.3 is 0 Å². The quantitative estimate of drug-likeness (QED) is 0.910. The van der Waals surface area contributed by atoms with Crippen molar-refractivity contribution in [3.63, 3.8) is 0 Å². The molecule has 0 saturated carbocycles. The van der Waals surface area contributed by atoms with E-state index in [2.05, 4.69) is 5.16 Å². The van der Waals surface area contributed by atoms with Crippen LogP contribution < -0.4 is 5.73 Å². The Labute approximate surface area is 116 Å². The first-order chi connectivity index (χ1) is 9.47. The highest BCUT2D eigenvalue weighted by molar-refractivity contribution is 5.97. The standard InChI is InChI=1S/C14H15N3O3/c1-9-7-12(16-20-9)8-17(2)14(19)11-5-3-10(4-6-11)13(15)18/h3-7H,8H2,1-2H3,(H2,15,18). The molecule has 2 rings (SSSR count). The number of benzene rings is 1. The minimum absolute atomic E-state index is 0.165. The lowest BCUT2D eigenvalue weighted by Gasteiger charge is -2.15. The SMILES string of the molecule is Cc1cc(CN(C)C(=O)c2ccc(C(N)=O)cc2)no1. The maximum Gasteiger partial charge on any atom is 0.253 e. The molecule has 0 spiro atoms. The lowest BCUT2D eigenvalue weighted by molar-refractivity contribution is 0.0781. The maximum atomic E-state index is 12.2. The molecular weight excluding hydrogens is 258 g/mol. The van der Waals surface area contributed by atoms with Gasteiger partial charge in [0.2, 0.25) is 5.91 Å². The Kier molecular flexibility index (Phi) is 3.84. The van der Waals surface area contributed by atoms with E-state index >= 15 is 0 Å². The molecule has 104 valence electrons. The van der Waals surface area contributed by atoms with Crippen molar-refractivity contribution >= 4 is 11.8 Å². The van der Waals surface area contributed by atoms with E-state index in [0.717, 1.165) is 0 Å². The van der Waals surface area contributed by atoms with Crippen LogP contribution in [0.3, 0.4) is 0 Å². The highest BCUT2D eigenvalue weighted by Crippen LogP contribution is 2.10. The smallest absolute Gasteiger partial charge is 0.253 e. The Morgan fingerprint density at radius 2 is 1.85 bits per heavy atom. The second-order valence-electron chi connectivity index (χ2n) is 4.53. The van der Waals surface area contributed by atoms with Crippen molar-refractivity contribution < 1.29 is 14.1 Å². The van der Waals surface area contributed by atoms with Gasteiger partial charge < -0.3 is 15.2 Å². The van der Waals surface area contributed by atoms with Crippen molar-refractivity contribution in [1.82, 2.24) is 10.1 Å². The summed E-state index contributed by atoms with van der Waals surface area (Å²) >= 11 is 0. The number of carbonyl (C=O) groups is 2. The fourth-order valence-corrected chi connectivity index (χ4v) is 1.80. The third-order valence-electron chi connectivity index (χ3n) is 2.84. The number of nitrogens with two attached hydrogens (primary N) is 1. The number of nitrogens with zero attached hydrogens (tertiary/aromatic N) is 2. The summed E-state index contributed by atoms with van der Waals surface area (Å²) in [6.45, 7) is 2.15. The summed E-state index contributed by atoms with van der Waals surface area (Å²) in [6, 6.07) is 7.99. The zero-order valence-corrected chi connectivity index (χ0v) is 11.3. The number of hydrogen-bond acceptors (Lipinski definition) is 4. The number of primary amides is 1. The molecule has 0 bridgehead atoms. The van der Waals surface area contributed by atoms with Crippen LogP contribution in [0.5, 0.6) is 0 Å². The number of aromatic nitrogens is 1. The molecule has 0 unspecified atom stereocenters. The molecule has 6 heteroatoms. The van der Waals surface area contributed by atoms with E-state index in [9.17, 15) is 9.59 Å². The molecule has 1 heterocycles. The van der Waals surface area contributed by atoms with Crippen molar-refractivity contribution in [3.8, 4) is 0 Å². The minimum Gasteiger partial charge on any atom is -0.366 e. The molecule has 0 aliphatic rings. The Morgan fingerprint density at radius 3 is 2.35 bits per heavy atom. The average molecular weight is 273 g/mol. The topological polar surface area (TPSA) is 89.4 Å². The lowest BCUT2D eigenvalue weighted by atomic mass is 10.1. The van der Waals surface area contributed by atoms with E-state index in [0.29, 0.717) is 29.1 Å². The fraction of sp³-hybridized carbons (Fsp3) is 0.214. The van der Waals surface area contributed by atoms with Crippen LogP contribution in [-0.2, 0) is 6.54 Å². The van der Waals surface area contributed by atoms with Crippen LogP contribution in [0, 0.1) is 6.92 Å². The third-order valence-corrected chi connectivity index (χ3v) is 2.84. The minimum atomic E-state index is -0.518. The number of carbonyl (C=O) groups excluding carboxylic acids is 2. The van der Waals surface area contributed by atoms with Gasteiger partial charge in [-0.15, -0.1) is 0 Å². The van der Waals surface area contributed by atoms with E-state index in [1.165, 1.54) is 17.0 Å². The second-order valence-corrected chi connectivity index (χ2v) is 4.53. The van der Waals surface area contributed by atoms with Gasteiger partial charge in [-0.3, -0.25) is 9.59 Å². The highest BCUT2D eigenvalue weighted by atomic mass is 16.5. The molecule has 1 aromatic carbocycles. The number of hydrogen-bond donors (Lipinski definition) is 1. The van der Waals surface area contributed by atoms with Crippen LogP contribution in [-0.4, -0.2) is 28.9 Å². The molecule has 1 aromatic heterocycles. The Balaban J connectivity index is 2.08. The molecule has 0 aliphatic carbocycles. The molecule has 2 aromatic rings. The van der Waals surface area contributed by atoms with E-state index in [4.69, 9.17) is 10.3 Å². The summed E-state index contributed by atoms with van der Waals surface area (Å²) in [5, 5.41) is 3.84. The number of aryl methyl sites for hydroxylation is 1. The first-order valence-electron chi connectivity index (χ1n) is 6.05. The molecule has 0 aliphatic heterocycles. The summed E-state index contributed by atoms with van der Waals surface area (Å²) in [5.41, 5.74) is 6.69. The predicted octanol–water partition coefficient (Wildman–Crippen LogP) is 1.35. The molecule has 0 fully saturated rings. The Hall–Kier alpha value is -2.63. The van der Waals surface area contributed by atoms with Gasteiger partial charge in [0.25, 0.3) is 5.91 Å². The first-order valence-corrected chi connectivity index (χ1v) is 6.05. The zero-order chi connectivity index (χ0) is 14.7. The molecule has 2 N–H and O–H groups in total. The number of rotatable bonds is 4. The van der Waals surface area contributed by atoms with E-state index in [1.807, 2.05) is 0 Å². The fourth-order valence-electron chi connectivity index (χ4n) is 1.80. The van der Waals surface area contributed by atoms with Gasteiger partial charge in [-0.25, -0.2) is 0 Å². The van der Waals surface area contributed by atoms with Crippen molar-refractivity contribution in [3.05, 3.63) is 52.9 Å². The summed E-state index contributed by atoms with van der Waals surface area (Å²) < 4.78 is 4.95.